The summed E-state index contributed by atoms with van der Waals surface area (Å²) in [7, 11) is 0. The summed E-state index contributed by atoms with van der Waals surface area (Å²) < 4.78 is 0. The summed E-state index contributed by atoms with van der Waals surface area (Å²) in [5.74, 6) is 0.363. The lowest BCUT2D eigenvalue weighted by Gasteiger charge is -2.02. The number of benzene rings is 2. The lowest BCUT2D eigenvalue weighted by molar-refractivity contribution is -0.114. The molecule has 0 saturated heterocycles. The monoisotopic (exact) mass is 265 g/mol. The van der Waals surface area contributed by atoms with E-state index in [1.54, 1.807) is 0 Å². The average molecular weight is 265 g/mol. The van der Waals surface area contributed by atoms with Crippen LogP contribution in [0.4, 0.5) is 5.95 Å². The second-order valence-corrected chi connectivity index (χ2v) is 4.74. The summed E-state index contributed by atoms with van der Waals surface area (Å²) in [4.78, 5) is 18.7. The predicted octanol–water partition coefficient (Wildman–Crippen LogP) is 3.11. The Morgan fingerprint density at radius 3 is 2.70 bits per heavy atom. The number of H-pyrrole nitrogens is 1. The number of nitrogens with zero attached hydrogens (tertiary/aromatic N) is 1. The van der Waals surface area contributed by atoms with Crippen molar-refractivity contribution in [1.29, 1.82) is 0 Å². The summed E-state index contributed by atoms with van der Waals surface area (Å²) >= 11 is 0. The van der Waals surface area contributed by atoms with Crippen molar-refractivity contribution in [3.63, 3.8) is 0 Å². The number of amides is 1. The summed E-state index contributed by atoms with van der Waals surface area (Å²) in [5, 5.41) is 2.68. The fourth-order valence-corrected chi connectivity index (χ4v) is 2.28. The first-order valence-electron chi connectivity index (χ1n) is 6.51. The average Bonchev–Trinajstić information content (AvgIpc) is 2.82. The van der Waals surface area contributed by atoms with Crippen LogP contribution >= 0.6 is 0 Å². The minimum atomic E-state index is -0.131. The van der Waals surface area contributed by atoms with Crippen molar-refractivity contribution in [3.05, 3.63) is 59.7 Å². The number of nitrogens with one attached hydrogen (secondary N) is 2. The number of fused-ring (bicyclic) bond motifs is 1. The summed E-state index contributed by atoms with van der Waals surface area (Å²) in [6.45, 7) is 1.47. The normalized spacial score (nSPS) is 10.7. The largest absolute Gasteiger partial charge is 0.324 e. The molecule has 0 unspecified atom stereocenters. The maximum absolute atomic E-state index is 11.1. The van der Waals surface area contributed by atoms with Crippen LogP contribution in [0, 0.1) is 0 Å². The van der Waals surface area contributed by atoms with Gasteiger partial charge in [-0.15, -0.1) is 0 Å². The van der Waals surface area contributed by atoms with Crippen molar-refractivity contribution in [1.82, 2.24) is 9.97 Å². The van der Waals surface area contributed by atoms with Crippen LogP contribution in [0.5, 0.6) is 0 Å². The number of rotatable bonds is 3. The predicted molar refractivity (Wildman–Crippen MR) is 79.6 cm³/mol. The molecule has 0 saturated carbocycles. The second kappa shape index (κ2) is 5.17. The van der Waals surface area contributed by atoms with E-state index in [2.05, 4.69) is 33.5 Å². The van der Waals surface area contributed by atoms with Crippen molar-refractivity contribution < 1.29 is 4.79 Å². The van der Waals surface area contributed by atoms with Crippen LogP contribution < -0.4 is 5.32 Å². The Balaban J connectivity index is 1.98. The Labute approximate surface area is 116 Å². The quantitative estimate of drug-likeness (QED) is 0.764. The fourth-order valence-electron chi connectivity index (χ4n) is 2.28. The van der Waals surface area contributed by atoms with Crippen molar-refractivity contribution in [2.24, 2.45) is 0 Å². The smallest absolute Gasteiger partial charge is 0.223 e. The molecule has 0 bridgehead atoms. The first kappa shape index (κ1) is 12.4. The minimum Gasteiger partial charge on any atom is -0.324 e. The van der Waals surface area contributed by atoms with Crippen LogP contribution in [0.25, 0.3) is 11.0 Å². The molecule has 0 spiro atoms. The molecule has 2 N–H and O–H groups in total. The second-order valence-electron chi connectivity index (χ2n) is 4.74. The highest BCUT2D eigenvalue weighted by Gasteiger charge is 2.08. The van der Waals surface area contributed by atoms with E-state index in [1.807, 2.05) is 30.3 Å². The number of hydrogen-bond acceptors (Lipinski definition) is 2. The van der Waals surface area contributed by atoms with E-state index < -0.39 is 0 Å². The third-order valence-corrected chi connectivity index (χ3v) is 3.13. The molecule has 0 aliphatic heterocycles. The van der Waals surface area contributed by atoms with Gasteiger partial charge in [0, 0.05) is 6.92 Å². The molecular formula is C16H15N3O. The molecule has 4 heteroatoms. The van der Waals surface area contributed by atoms with Crippen LogP contribution in [0.15, 0.2) is 48.5 Å². The maximum atomic E-state index is 11.1. The van der Waals surface area contributed by atoms with Gasteiger partial charge in [-0.25, -0.2) is 4.98 Å². The minimum absolute atomic E-state index is 0.131. The maximum Gasteiger partial charge on any atom is 0.223 e. The Morgan fingerprint density at radius 2 is 1.95 bits per heavy atom. The Kier molecular flexibility index (Phi) is 3.21. The molecule has 3 rings (SSSR count). The van der Waals surface area contributed by atoms with E-state index in [1.165, 1.54) is 12.5 Å². The van der Waals surface area contributed by atoms with Crippen LogP contribution in [0.3, 0.4) is 0 Å². The number of imidazole rings is 1. The lowest BCUT2D eigenvalue weighted by Crippen LogP contribution is -2.06. The number of carbonyl (C=O) groups excluding carboxylic acids is 1. The lowest BCUT2D eigenvalue weighted by atomic mass is 10.0. The number of carbonyl (C=O) groups is 1. The molecule has 2 aromatic carbocycles. The van der Waals surface area contributed by atoms with Gasteiger partial charge >= 0.3 is 0 Å². The van der Waals surface area contributed by atoms with Gasteiger partial charge in [-0.2, -0.15) is 0 Å². The topological polar surface area (TPSA) is 57.8 Å². The van der Waals surface area contributed by atoms with Crippen molar-refractivity contribution in [2.75, 3.05) is 5.32 Å². The SMILES string of the molecule is CC(=O)Nc1nc2c(Cc3ccccc3)cccc2[nH]1. The molecule has 3 aromatic rings. The molecule has 4 nitrogen and oxygen atoms in total. The first-order chi connectivity index (χ1) is 9.72. The molecule has 1 amide bonds. The van der Waals surface area contributed by atoms with Gasteiger partial charge in [0.2, 0.25) is 11.9 Å². The molecule has 0 radical (unpaired) electrons. The zero-order valence-electron chi connectivity index (χ0n) is 11.2. The van der Waals surface area contributed by atoms with Gasteiger partial charge in [-0.3, -0.25) is 10.1 Å². The number of para-hydroxylation sites is 1. The van der Waals surface area contributed by atoms with E-state index in [0.717, 1.165) is 23.0 Å². The summed E-state index contributed by atoms with van der Waals surface area (Å²) in [5.41, 5.74) is 4.22. The van der Waals surface area contributed by atoms with Crippen molar-refractivity contribution in [2.45, 2.75) is 13.3 Å². The Morgan fingerprint density at radius 1 is 1.15 bits per heavy atom. The van der Waals surface area contributed by atoms with Crippen LogP contribution in [-0.2, 0) is 11.2 Å². The van der Waals surface area contributed by atoms with Crippen LogP contribution in [0.2, 0.25) is 0 Å². The van der Waals surface area contributed by atoms with Crippen LogP contribution in [0.1, 0.15) is 18.1 Å². The van der Waals surface area contributed by atoms with Crippen molar-refractivity contribution in [3.8, 4) is 0 Å². The van der Waals surface area contributed by atoms with Gasteiger partial charge in [0.25, 0.3) is 0 Å². The van der Waals surface area contributed by atoms with Gasteiger partial charge in [0.1, 0.15) is 0 Å². The summed E-state index contributed by atoms with van der Waals surface area (Å²) in [6, 6.07) is 16.3. The number of anilines is 1. The molecular weight excluding hydrogens is 250 g/mol. The highest BCUT2D eigenvalue weighted by Crippen LogP contribution is 2.21. The van der Waals surface area contributed by atoms with Crippen molar-refractivity contribution >= 4 is 22.9 Å². The van der Waals surface area contributed by atoms with Gasteiger partial charge in [-0.05, 0) is 23.6 Å². The number of hydrogen-bond donors (Lipinski definition) is 2. The van der Waals surface area contributed by atoms with Gasteiger partial charge in [-0.1, -0.05) is 42.5 Å². The summed E-state index contributed by atoms with van der Waals surface area (Å²) in [6.07, 6.45) is 0.822. The Hall–Kier alpha value is -2.62. The molecule has 100 valence electrons. The highest BCUT2D eigenvalue weighted by atomic mass is 16.1. The molecule has 20 heavy (non-hydrogen) atoms. The molecule has 0 atom stereocenters. The van der Waals surface area contributed by atoms with Gasteiger partial charge < -0.3 is 4.98 Å². The number of aromatic amines is 1. The highest BCUT2D eigenvalue weighted by molar-refractivity contribution is 5.90. The van der Waals surface area contributed by atoms with E-state index in [4.69, 9.17) is 0 Å². The standard InChI is InChI=1S/C16H15N3O/c1-11(20)17-16-18-14-9-5-8-13(15(14)19-16)10-12-6-3-2-4-7-12/h2-9H,10H2,1H3,(H2,17,18,19,20). The Bertz CT molecular complexity index is 747. The van der Waals surface area contributed by atoms with E-state index in [0.29, 0.717) is 5.95 Å². The molecule has 1 aromatic heterocycles. The van der Waals surface area contributed by atoms with E-state index in [9.17, 15) is 4.79 Å². The zero-order valence-corrected chi connectivity index (χ0v) is 11.2. The van der Waals surface area contributed by atoms with Gasteiger partial charge in [0.05, 0.1) is 11.0 Å². The molecule has 1 heterocycles. The van der Waals surface area contributed by atoms with E-state index in [-0.39, 0.29) is 5.91 Å². The zero-order chi connectivity index (χ0) is 13.9. The first-order valence-corrected chi connectivity index (χ1v) is 6.51. The number of aromatic nitrogens is 2. The third kappa shape index (κ3) is 2.54. The molecule has 0 aliphatic carbocycles. The molecule has 0 fully saturated rings. The molecule has 0 aliphatic rings. The van der Waals surface area contributed by atoms with Crippen LogP contribution in [-0.4, -0.2) is 15.9 Å². The van der Waals surface area contributed by atoms with Gasteiger partial charge in [0.15, 0.2) is 0 Å². The fraction of sp³-hybridized carbons (Fsp3) is 0.125. The van der Waals surface area contributed by atoms with E-state index >= 15 is 0 Å². The third-order valence-electron chi connectivity index (χ3n) is 3.13.